The molecule has 4 rings (SSSR count). The smallest absolute Gasteiger partial charge is 0.237 e. The van der Waals surface area contributed by atoms with Crippen LogP contribution in [0.5, 0.6) is 5.75 Å². The van der Waals surface area contributed by atoms with Crippen LogP contribution in [0.4, 0.5) is 0 Å². The number of allylic oxidation sites excluding steroid dienone is 2. The molecule has 0 unspecified atom stereocenters. The van der Waals surface area contributed by atoms with Gasteiger partial charge in [-0.15, -0.1) is 5.10 Å². The average Bonchev–Trinajstić information content (AvgIpc) is 3.43. The number of nitrogens with zero attached hydrogens (tertiary/aromatic N) is 3. The van der Waals surface area contributed by atoms with Crippen LogP contribution in [0.3, 0.4) is 0 Å². The highest BCUT2D eigenvalue weighted by molar-refractivity contribution is 7.99. The van der Waals surface area contributed by atoms with Crippen molar-refractivity contribution >= 4 is 17.7 Å². The first kappa shape index (κ1) is 18.1. The van der Waals surface area contributed by atoms with Crippen molar-refractivity contribution in [2.24, 2.45) is 0 Å². The normalized spacial score (nSPS) is 16.7. The lowest BCUT2D eigenvalue weighted by atomic mass is 10.0. The molecule has 1 aromatic carbocycles. The number of hydrogen-bond acceptors (Lipinski definition) is 5. The molecule has 2 aliphatic carbocycles. The van der Waals surface area contributed by atoms with Crippen LogP contribution in [-0.2, 0) is 4.79 Å². The molecule has 7 heteroatoms. The summed E-state index contributed by atoms with van der Waals surface area (Å²) in [4.78, 5) is 19.4. The van der Waals surface area contributed by atoms with Crippen molar-refractivity contribution in [3.05, 3.63) is 36.0 Å². The number of ether oxygens (including phenoxy) is 1. The number of H-pyrrole nitrogens is 1. The number of amides is 1. The first-order chi connectivity index (χ1) is 13.2. The van der Waals surface area contributed by atoms with Gasteiger partial charge in [0.05, 0.1) is 12.9 Å². The van der Waals surface area contributed by atoms with Crippen LogP contribution in [0, 0.1) is 0 Å². The summed E-state index contributed by atoms with van der Waals surface area (Å²) in [6.07, 6.45) is 9.02. The third-order valence-electron chi connectivity index (χ3n) is 4.91. The van der Waals surface area contributed by atoms with E-state index in [-0.39, 0.29) is 5.91 Å². The number of benzene rings is 1. The van der Waals surface area contributed by atoms with Crippen molar-refractivity contribution in [1.29, 1.82) is 0 Å². The minimum Gasteiger partial charge on any atom is -0.497 e. The number of methoxy groups -OCH3 is 1. The molecule has 1 heterocycles. The molecular formula is C20H24N4O2S. The van der Waals surface area contributed by atoms with Crippen molar-refractivity contribution in [3.8, 4) is 17.1 Å². The fourth-order valence-electron chi connectivity index (χ4n) is 3.36. The van der Waals surface area contributed by atoms with Gasteiger partial charge >= 0.3 is 0 Å². The van der Waals surface area contributed by atoms with E-state index in [0.29, 0.717) is 22.8 Å². The first-order valence-electron chi connectivity index (χ1n) is 9.45. The molecule has 142 valence electrons. The number of aromatic amines is 1. The lowest BCUT2D eigenvalue weighted by Gasteiger charge is -2.27. The largest absolute Gasteiger partial charge is 0.497 e. The van der Waals surface area contributed by atoms with Crippen LogP contribution in [-0.4, -0.2) is 44.9 Å². The number of carbonyl (C=O) groups is 1. The predicted octanol–water partition coefficient (Wildman–Crippen LogP) is 4.02. The maximum atomic E-state index is 12.8. The number of aromatic nitrogens is 3. The van der Waals surface area contributed by atoms with Crippen LogP contribution in [0.2, 0.25) is 0 Å². The molecule has 0 atom stereocenters. The van der Waals surface area contributed by atoms with Crippen LogP contribution >= 0.6 is 11.8 Å². The van der Waals surface area contributed by atoms with Gasteiger partial charge < -0.3 is 9.64 Å². The van der Waals surface area contributed by atoms with Gasteiger partial charge in [-0.05, 0) is 62.8 Å². The average molecular weight is 385 g/mol. The molecule has 1 N–H and O–H groups in total. The van der Waals surface area contributed by atoms with Gasteiger partial charge in [-0.3, -0.25) is 9.89 Å². The van der Waals surface area contributed by atoms with Gasteiger partial charge in [-0.25, -0.2) is 4.98 Å². The quantitative estimate of drug-likeness (QED) is 0.730. The third-order valence-corrected chi connectivity index (χ3v) is 5.74. The van der Waals surface area contributed by atoms with Crippen molar-refractivity contribution in [1.82, 2.24) is 20.1 Å². The number of carbonyl (C=O) groups excluding carboxylic acids is 1. The Morgan fingerprint density at radius 3 is 2.78 bits per heavy atom. The van der Waals surface area contributed by atoms with Gasteiger partial charge in [0.1, 0.15) is 5.75 Å². The SMILES string of the molecule is COc1ccc(-c2nc(SCC(=O)N(C3=CCCCC3)C3CC3)n[nH]2)cc1. The molecule has 2 aromatic rings. The highest BCUT2D eigenvalue weighted by atomic mass is 32.2. The van der Waals surface area contributed by atoms with E-state index in [1.165, 1.54) is 30.3 Å². The number of rotatable bonds is 7. The fourth-order valence-corrected chi connectivity index (χ4v) is 4.01. The van der Waals surface area contributed by atoms with Crippen molar-refractivity contribution in [2.45, 2.75) is 49.7 Å². The Bertz CT molecular complexity index is 827. The molecule has 0 saturated heterocycles. The van der Waals surface area contributed by atoms with E-state index in [1.807, 2.05) is 29.2 Å². The van der Waals surface area contributed by atoms with Crippen LogP contribution in [0.25, 0.3) is 11.4 Å². The Morgan fingerprint density at radius 1 is 1.30 bits per heavy atom. The summed E-state index contributed by atoms with van der Waals surface area (Å²) in [6.45, 7) is 0. The summed E-state index contributed by atoms with van der Waals surface area (Å²) in [6, 6.07) is 8.05. The van der Waals surface area contributed by atoms with E-state index >= 15 is 0 Å². The molecule has 6 nitrogen and oxygen atoms in total. The van der Waals surface area contributed by atoms with E-state index in [0.717, 1.165) is 37.0 Å². The monoisotopic (exact) mass is 384 g/mol. The molecule has 1 fully saturated rings. The predicted molar refractivity (Wildman–Crippen MR) is 106 cm³/mol. The summed E-state index contributed by atoms with van der Waals surface area (Å²) in [5.41, 5.74) is 2.16. The molecule has 27 heavy (non-hydrogen) atoms. The first-order valence-corrected chi connectivity index (χ1v) is 10.4. The highest BCUT2D eigenvalue weighted by Gasteiger charge is 2.35. The molecule has 2 aliphatic rings. The Balaban J connectivity index is 1.38. The standard InChI is InChI=1S/C20H24N4O2S/c1-26-17-11-7-14(8-12-17)19-21-20(23-22-19)27-13-18(25)24(16-9-10-16)15-5-3-2-4-6-15/h5,7-8,11-12,16H,2-4,6,9-10,13H2,1H3,(H,21,22,23). The van der Waals surface area contributed by atoms with E-state index in [2.05, 4.69) is 21.3 Å². The summed E-state index contributed by atoms with van der Waals surface area (Å²) in [5.74, 6) is 2.04. The van der Waals surface area contributed by atoms with Crippen LogP contribution in [0.15, 0.2) is 41.2 Å². The van der Waals surface area contributed by atoms with Crippen LogP contribution < -0.4 is 4.74 Å². The molecule has 1 saturated carbocycles. The number of hydrogen-bond donors (Lipinski definition) is 1. The van der Waals surface area contributed by atoms with Crippen LogP contribution in [0.1, 0.15) is 38.5 Å². The number of thioether (sulfide) groups is 1. The molecule has 0 radical (unpaired) electrons. The fraction of sp³-hybridized carbons (Fsp3) is 0.450. The van der Waals surface area contributed by atoms with E-state index < -0.39 is 0 Å². The third kappa shape index (κ3) is 4.35. The molecule has 1 aromatic heterocycles. The van der Waals surface area contributed by atoms with Gasteiger partial charge in [0, 0.05) is 17.3 Å². The van der Waals surface area contributed by atoms with Gasteiger partial charge in [0.15, 0.2) is 5.82 Å². The van der Waals surface area contributed by atoms with Gasteiger partial charge in [0.25, 0.3) is 0 Å². The molecule has 0 bridgehead atoms. The minimum atomic E-state index is 0.173. The molecular weight excluding hydrogens is 360 g/mol. The summed E-state index contributed by atoms with van der Waals surface area (Å²) in [7, 11) is 1.64. The zero-order valence-electron chi connectivity index (χ0n) is 15.5. The van der Waals surface area contributed by atoms with Gasteiger partial charge in [-0.1, -0.05) is 17.8 Å². The van der Waals surface area contributed by atoms with Gasteiger partial charge in [0.2, 0.25) is 11.1 Å². The lowest BCUT2D eigenvalue weighted by molar-refractivity contribution is -0.127. The lowest BCUT2D eigenvalue weighted by Crippen LogP contribution is -2.34. The van der Waals surface area contributed by atoms with Crippen molar-refractivity contribution in [3.63, 3.8) is 0 Å². The Morgan fingerprint density at radius 2 is 2.11 bits per heavy atom. The zero-order valence-corrected chi connectivity index (χ0v) is 16.3. The Kier molecular flexibility index (Phi) is 5.48. The summed E-state index contributed by atoms with van der Waals surface area (Å²) in [5, 5.41) is 7.80. The number of nitrogens with one attached hydrogen (secondary N) is 1. The molecule has 0 spiro atoms. The van der Waals surface area contributed by atoms with Gasteiger partial charge in [-0.2, -0.15) is 0 Å². The molecule has 0 aliphatic heterocycles. The van der Waals surface area contributed by atoms with Crippen molar-refractivity contribution < 1.29 is 9.53 Å². The second-order valence-corrected chi connectivity index (χ2v) is 7.86. The zero-order chi connectivity index (χ0) is 18.6. The summed E-state index contributed by atoms with van der Waals surface area (Å²) >= 11 is 1.39. The molecule has 1 amide bonds. The summed E-state index contributed by atoms with van der Waals surface area (Å²) < 4.78 is 5.17. The maximum absolute atomic E-state index is 12.8. The minimum absolute atomic E-state index is 0.173. The Hall–Kier alpha value is -2.28. The van der Waals surface area contributed by atoms with E-state index in [4.69, 9.17) is 4.74 Å². The Labute approximate surface area is 163 Å². The second-order valence-electron chi connectivity index (χ2n) is 6.92. The maximum Gasteiger partial charge on any atom is 0.237 e. The second kappa shape index (κ2) is 8.17. The van der Waals surface area contributed by atoms with E-state index in [1.54, 1.807) is 7.11 Å². The van der Waals surface area contributed by atoms with E-state index in [9.17, 15) is 4.79 Å². The topological polar surface area (TPSA) is 71.1 Å². The highest BCUT2D eigenvalue weighted by Crippen LogP contribution is 2.34. The van der Waals surface area contributed by atoms with Crippen molar-refractivity contribution in [2.75, 3.05) is 12.9 Å².